The van der Waals surface area contributed by atoms with E-state index in [4.69, 9.17) is 9.97 Å². The van der Waals surface area contributed by atoms with Crippen molar-refractivity contribution in [2.75, 3.05) is 31.1 Å². The van der Waals surface area contributed by atoms with Crippen molar-refractivity contribution in [1.82, 2.24) is 14.9 Å². The first-order chi connectivity index (χ1) is 13.5. The Balaban J connectivity index is 1.52. The molecule has 0 atom stereocenters. The highest BCUT2D eigenvalue weighted by atomic mass is 16.2. The highest BCUT2D eigenvalue weighted by molar-refractivity contribution is 5.79. The second-order valence-corrected chi connectivity index (χ2v) is 8.24. The molecule has 1 aromatic heterocycles. The number of carbonyl (C=O) groups is 1. The fraction of sp³-hybridized carbons (Fsp3) is 0.522. The number of rotatable bonds is 3. The monoisotopic (exact) mass is 378 g/mol. The lowest BCUT2D eigenvalue weighted by Gasteiger charge is -2.37. The number of benzene rings is 1. The SMILES string of the molecule is Cc1cccc(-c2nc(C)c(C)c(N3CCN(C(=O)C4CCCC4)CC3)n2)c1. The van der Waals surface area contributed by atoms with Gasteiger partial charge in [-0.2, -0.15) is 0 Å². The number of carbonyl (C=O) groups excluding carboxylic acids is 1. The molecule has 2 aromatic rings. The summed E-state index contributed by atoms with van der Waals surface area (Å²) in [5.41, 5.74) is 4.41. The third kappa shape index (κ3) is 3.75. The summed E-state index contributed by atoms with van der Waals surface area (Å²) in [7, 11) is 0. The quantitative estimate of drug-likeness (QED) is 0.813. The summed E-state index contributed by atoms with van der Waals surface area (Å²) < 4.78 is 0. The fourth-order valence-electron chi connectivity index (χ4n) is 4.40. The maximum Gasteiger partial charge on any atom is 0.225 e. The lowest BCUT2D eigenvalue weighted by atomic mass is 10.1. The van der Waals surface area contributed by atoms with Gasteiger partial charge in [-0.15, -0.1) is 0 Å². The highest BCUT2D eigenvalue weighted by Crippen LogP contribution is 2.29. The Hall–Kier alpha value is -2.43. The van der Waals surface area contributed by atoms with Crippen LogP contribution in [0, 0.1) is 26.7 Å². The van der Waals surface area contributed by atoms with Gasteiger partial charge in [0.1, 0.15) is 5.82 Å². The molecule has 1 saturated heterocycles. The van der Waals surface area contributed by atoms with Gasteiger partial charge in [-0.3, -0.25) is 4.79 Å². The van der Waals surface area contributed by atoms with Gasteiger partial charge >= 0.3 is 0 Å². The second-order valence-electron chi connectivity index (χ2n) is 8.24. The number of anilines is 1. The molecular weight excluding hydrogens is 348 g/mol. The number of hydrogen-bond acceptors (Lipinski definition) is 4. The number of amides is 1. The molecule has 1 aromatic carbocycles. The van der Waals surface area contributed by atoms with Crippen molar-refractivity contribution in [3.8, 4) is 11.4 Å². The molecule has 2 aliphatic rings. The molecule has 2 heterocycles. The molecule has 1 aliphatic heterocycles. The first-order valence-corrected chi connectivity index (χ1v) is 10.5. The number of aryl methyl sites for hydroxylation is 2. The average molecular weight is 379 g/mol. The first-order valence-electron chi connectivity index (χ1n) is 10.5. The molecule has 0 bridgehead atoms. The van der Waals surface area contributed by atoms with Crippen LogP contribution in [0.15, 0.2) is 24.3 Å². The van der Waals surface area contributed by atoms with Crippen molar-refractivity contribution in [3.63, 3.8) is 0 Å². The van der Waals surface area contributed by atoms with Gasteiger partial charge in [0.15, 0.2) is 5.82 Å². The summed E-state index contributed by atoms with van der Waals surface area (Å²) >= 11 is 0. The standard InChI is InChI=1S/C23H30N4O/c1-16-7-6-10-20(15-16)21-24-18(3)17(2)22(25-21)26-11-13-27(14-12-26)23(28)19-8-4-5-9-19/h6-7,10,15,19H,4-5,8-9,11-14H2,1-3H3. The minimum absolute atomic E-state index is 0.266. The van der Waals surface area contributed by atoms with E-state index in [0.29, 0.717) is 5.91 Å². The predicted molar refractivity (Wildman–Crippen MR) is 112 cm³/mol. The van der Waals surface area contributed by atoms with Crippen molar-refractivity contribution < 1.29 is 4.79 Å². The van der Waals surface area contributed by atoms with Gasteiger partial charge in [-0.1, -0.05) is 36.6 Å². The van der Waals surface area contributed by atoms with Crippen LogP contribution in [0.1, 0.15) is 42.5 Å². The molecule has 0 N–H and O–H groups in total. The molecule has 1 amide bonds. The van der Waals surface area contributed by atoms with Crippen LogP contribution in [-0.4, -0.2) is 47.0 Å². The van der Waals surface area contributed by atoms with Gasteiger partial charge < -0.3 is 9.80 Å². The molecule has 0 unspecified atom stereocenters. The zero-order chi connectivity index (χ0) is 19.7. The van der Waals surface area contributed by atoms with Crippen LogP contribution in [0.25, 0.3) is 11.4 Å². The topological polar surface area (TPSA) is 49.3 Å². The Morgan fingerprint density at radius 3 is 2.39 bits per heavy atom. The van der Waals surface area contributed by atoms with E-state index in [1.165, 1.54) is 18.4 Å². The molecular formula is C23H30N4O. The van der Waals surface area contributed by atoms with Gasteiger partial charge in [0, 0.05) is 48.9 Å². The molecule has 28 heavy (non-hydrogen) atoms. The molecule has 1 aliphatic carbocycles. The van der Waals surface area contributed by atoms with Crippen molar-refractivity contribution in [3.05, 3.63) is 41.1 Å². The lowest BCUT2D eigenvalue weighted by molar-refractivity contribution is -0.135. The van der Waals surface area contributed by atoms with E-state index in [-0.39, 0.29) is 5.92 Å². The van der Waals surface area contributed by atoms with Gasteiger partial charge in [-0.25, -0.2) is 9.97 Å². The Morgan fingerprint density at radius 2 is 1.71 bits per heavy atom. The van der Waals surface area contributed by atoms with E-state index in [9.17, 15) is 4.79 Å². The summed E-state index contributed by atoms with van der Waals surface area (Å²) in [5.74, 6) is 2.43. The van der Waals surface area contributed by atoms with Gasteiger partial charge in [-0.05, 0) is 39.7 Å². The molecule has 2 fully saturated rings. The smallest absolute Gasteiger partial charge is 0.225 e. The van der Waals surface area contributed by atoms with Crippen LogP contribution in [0.4, 0.5) is 5.82 Å². The Kier molecular flexibility index (Phi) is 5.33. The van der Waals surface area contributed by atoms with E-state index < -0.39 is 0 Å². The van der Waals surface area contributed by atoms with Crippen LogP contribution in [-0.2, 0) is 4.79 Å². The minimum atomic E-state index is 0.266. The van der Waals surface area contributed by atoms with Crippen LogP contribution < -0.4 is 4.90 Å². The van der Waals surface area contributed by atoms with E-state index in [0.717, 1.165) is 67.5 Å². The van der Waals surface area contributed by atoms with Crippen molar-refractivity contribution in [1.29, 1.82) is 0 Å². The van der Waals surface area contributed by atoms with Crippen molar-refractivity contribution in [2.45, 2.75) is 46.5 Å². The van der Waals surface area contributed by atoms with Crippen LogP contribution >= 0.6 is 0 Å². The first kappa shape index (κ1) is 18.9. The van der Waals surface area contributed by atoms with E-state index in [2.05, 4.69) is 54.8 Å². The van der Waals surface area contributed by atoms with Gasteiger partial charge in [0.05, 0.1) is 0 Å². The number of hydrogen-bond donors (Lipinski definition) is 0. The molecule has 5 heteroatoms. The van der Waals surface area contributed by atoms with Crippen LogP contribution in [0.2, 0.25) is 0 Å². The molecule has 148 valence electrons. The normalized spacial score (nSPS) is 18.0. The maximum absolute atomic E-state index is 12.7. The molecule has 1 saturated carbocycles. The van der Waals surface area contributed by atoms with Crippen LogP contribution in [0.5, 0.6) is 0 Å². The maximum atomic E-state index is 12.7. The fourth-order valence-corrected chi connectivity index (χ4v) is 4.40. The Morgan fingerprint density at radius 1 is 1.00 bits per heavy atom. The number of piperazine rings is 1. The number of aromatic nitrogens is 2. The van der Waals surface area contributed by atoms with E-state index in [1.807, 2.05) is 0 Å². The molecule has 0 radical (unpaired) electrons. The Bertz CT molecular complexity index is 865. The van der Waals surface area contributed by atoms with E-state index in [1.54, 1.807) is 0 Å². The van der Waals surface area contributed by atoms with Crippen molar-refractivity contribution in [2.24, 2.45) is 5.92 Å². The summed E-state index contributed by atoms with van der Waals surface area (Å²) in [5, 5.41) is 0. The zero-order valence-corrected chi connectivity index (χ0v) is 17.2. The van der Waals surface area contributed by atoms with Crippen molar-refractivity contribution >= 4 is 11.7 Å². The zero-order valence-electron chi connectivity index (χ0n) is 17.2. The summed E-state index contributed by atoms with van der Waals surface area (Å²) in [6.07, 6.45) is 4.56. The molecule has 0 spiro atoms. The molecule has 4 rings (SSSR count). The van der Waals surface area contributed by atoms with E-state index >= 15 is 0 Å². The summed E-state index contributed by atoms with van der Waals surface area (Å²) in [6, 6.07) is 8.34. The Labute approximate surface area is 167 Å². The molecule has 5 nitrogen and oxygen atoms in total. The highest BCUT2D eigenvalue weighted by Gasteiger charge is 2.30. The average Bonchev–Trinajstić information content (AvgIpc) is 3.24. The van der Waals surface area contributed by atoms with Gasteiger partial charge in [0.2, 0.25) is 5.91 Å². The summed E-state index contributed by atoms with van der Waals surface area (Å²) in [4.78, 5) is 26.8. The third-order valence-electron chi connectivity index (χ3n) is 6.24. The predicted octanol–water partition coefficient (Wildman–Crippen LogP) is 3.91. The largest absolute Gasteiger partial charge is 0.353 e. The minimum Gasteiger partial charge on any atom is -0.353 e. The van der Waals surface area contributed by atoms with Crippen LogP contribution in [0.3, 0.4) is 0 Å². The third-order valence-corrected chi connectivity index (χ3v) is 6.24. The number of nitrogens with zero attached hydrogens (tertiary/aromatic N) is 4. The second kappa shape index (κ2) is 7.90. The van der Waals surface area contributed by atoms with Gasteiger partial charge in [0.25, 0.3) is 0 Å². The summed E-state index contributed by atoms with van der Waals surface area (Å²) in [6.45, 7) is 9.49. The lowest BCUT2D eigenvalue weighted by Crippen LogP contribution is -2.50.